The van der Waals surface area contributed by atoms with Crippen LogP contribution >= 0.6 is 0 Å². The highest BCUT2D eigenvalue weighted by Crippen LogP contribution is 2.38. The average Bonchev–Trinajstić information content (AvgIpc) is 2.47. The Morgan fingerprint density at radius 1 is 1.00 bits per heavy atom. The van der Waals surface area contributed by atoms with Crippen molar-refractivity contribution >= 4 is 0 Å². The molecule has 0 N–H and O–H groups in total. The number of rotatable bonds is 2. The Morgan fingerprint density at radius 3 is 2.61 bits per heavy atom. The lowest BCUT2D eigenvalue weighted by molar-refractivity contribution is 0.442. The first kappa shape index (κ1) is 11.9. The van der Waals surface area contributed by atoms with Gasteiger partial charge in [-0.1, -0.05) is 42.6 Å². The summed E-state index contributed by atoms with van der Waals surface area (Å²) in [5, 5.41) is 3.33. The normalized spacial score (nSPS) is 24.6. The summed E-state index contributed by atoms with van der Waals surface area (Å²) >= 11 is 0. The maximum atomic E-state index is 11.0. The largest absolute Gasteiger partial charge is 0.150 e. The molecule has 0 aromatic heterocycles. The van der Waals surface area contributed by atoms with Gasteiger partial charge in [0.2, 0.25) is 0 Å². The third-order valence-electron chi connectivity index (χ3n) is 4.66. The minimum Gasteiger partial charge on any atom is -0.150 e. The van der Waals surface area contributed by atoms with Crippen LogP contribution in [0.2, 0.25) is 0 Å². The second-order valence-corrected chi connectivity index (χ2v) is 5.81. The average molecular weight is 243 g/mol. The predicted octanol–water partition coefficient (Wildman–Crippen LogP) is 4.88. The van der Waals surface area contributed by atoms with Crippen molar-refractivity contribution < 1.29 is 0 Å². The van der Waals surface area contributed by atoms with E-state index >= 15 is 0 Å². The standard InChI is InChI=1S/C16H21NO/c18-17-16-8-4-7-13-9-10-14(11-15(13)16)12-5-2-1-3-6-12/h9-12,16H,1-8H2. The Balaban J connectivity index is 1.90. The fourth-order valence-corrected chi connectivity index (χ4v) is 3.59. The zero-order chi connectivity index (χ0) is 12.4. The molecule has 1 atom stereocenters. The summed E-state index contributed by atoms with van der Waals surface area (Å²) in [6.07, 6.45) is 9.90. The summed E-state index contributed by atoms with van der Waals surface area (Å²) in [5.41, 5.74) is 4.02. The first-order valence-electron chi connectivity index (χ1n) is 7.33. The van der Waals surface area contributed by atoms with Crippen LogP contribution in [-0.2, 0) is 6.42 Å². The van der Waals surface area contributed by atoms with Gasteiger partial charge in [-0.15, -0.1) is 0 Å². The highest BCUT2D eigenvalue weighted by Gasteiger charge is 2.23. The molecule has 18 heavy (non-hydrogen) atoms. The van der Waals surface area contributed by atoms with E-state index < -0.39 is 0 Å². The van der Waals surface area contributed by atoms with Gasteiger partial charge in [0.25, 0.3) is 0 Å². The van der Waals surface area contributed by atoms with Crippen LogP contribution in [0.4, 0.5) is 0 Å². The van der Waals surface area contributed by atoms with Crippen LogP contribution in [0.3, 0.4) is 0 Å². The molecular weight excluding hydrogens is 222 g/mol. The molecule has 2 aliphatic rings. The fraction of sp³-hybridized carbons (Fsp3) is 0.625. The van der Waals surface area contributed by atoms with Crippen molar-refractivity contribution in [2.75, 3.05) is 0 Å². The zero-order valence-corrected chi connectivity index (χ0v) is 10.9. The second kappa shape index (κ2) is 5.21. The lowest BCUT2D eigenvalue weighted by atomic mass is 9.80. The first-order valence-corrected chi connectivity index (χ1v) is 7.33. The molecule has 3 rings (SSSR count). The van der Waals surface area contributed by atoms with E-state index in [9.17, 15) is 4.91 Å². The fourth-order valence-electron chi connectivity index (χ4n) is 3.59. The first-order chi connectivity index (χ1) is 8.88. The van der Waals surface area contributed by atoms with Crippen molar-refractivity contribution in [1.82, 2.24) is 0 Å². The maximum absolute atomic E-state index is 11.0. The lowest BCUT2D eigenvalue weighted by Crippen LogP contribution is -2.10. The number of aryl methyl sites for hydroxylation is 1. The SMILES string of the molecule is O=NC1CCCc2ccc(C3CCCCC3)cc21. The number of fused-ring (bicyclic) bond motifs is 1. The van der Waals surface area contributed by atoms with Crippen LogP contribution in [0.1, 0.15) is 73.6 Å². The minimum atomic E-state index is -0.0858. The molecule has 2 nitrogen and oxygen atoms in total. The van der Waals surface area contributed by atoms with Crippen molar-refractivity contribution in [2.24, 2.45) is 5.18 Å². The van der Waals surface area contributed by atoms with Gasteiger partial charge in [0.05, 0.1) is 0 Å². The van der Waals surface area contributed by atoms with Gasteiger partial charge in [-0.25, -0.2) is 0 Å². The molecule has 96 valence electrons. The van der Waals surface area contributed by atoms with Gasteiger partial charge in [-0.05, 0) is 54.7 Å². The quantitative estimate of drug-likeness (QED) is 0.681. The summed E-state index contributed by atoms with van der Waals surface area (Å²) in [5.74, 6) is 0.721. The molecule has 0 heterocycles. The molecule has 1 aromatic rings. The summed E-state index contributed by atoms with van der Waals surface area (Å²) in [7, 11) is 0. The third-order valence-corrected chi connectivity index (χ3v) is 4.66. The minimum absolute atomic E-state index is 0.0858. The topological polar surface area (TPSA) is 29.4 Å². The van der Waals surface area contributed by atoms with E-state index in [1.807, 2.05) is 0 Å². The van der Waals surface area contributed by atoms with Crippen molar-refractivity contribution in [3.8, 4) is 0 Å². The van der Waals surface area contributed by atoms with E-state index in [0.29, 0.717) is 0 Å². The highest BCUT2D eigenvalue weighted by molar-refractivity contribution is 5.37. The van der Waals surface area contributed by atoms with Crippen molar-refractivity contribution in [3.05, 3.63) is 39.8 Å². The monoisotopic (exact) mass is 243 g/mol. The molecule has 1 aromatic carbocycles. The van der Waals surface area contributed by atoms with Crippen LogP contribution in [0, 0.1) is 4.91 Å². The molecule has 0 bridgehead atoms. The molecule has 0 aliphatic heterocycles. The van der Waals surface area contributed by atoms with Crippen molar-refractivity contribution in [1.29, 1.82) is 0 Å². The summed E-state index contributed by atoms with van der Waals surface area (Å²) in [6.45, 7) is 0. The van der Waals surface area contributed by atoms with Gasteiger partial charge < -0.3 is 0 Å². The Kier molecular flexibility index (Phi) is 3.44. The summed E-state index contributed by atoms with van der Waals surface area (Å²) < 4.78 is 0. The van der Waals surface area contributed by atoms with Crippen LogP contribution < -0.4 is 0 Å². The van der Waals surface area contributed by atoms with Crippen LogP contribution in [0.5, 0.6) is 0 Å². The molecule has 2 heteroatoms. The molecule has 0 radical (unpaired) electrons. The lowest BCUT2D eigenvalue weighted by Gasteiger charge is -2.26. The van der Waals surface area contributed by atoms with E-state index in [1.165, 1.54) is 48.8 Å². The summed E-state index contributed by atoms with van der Waals surface area (Å²) in [6, 6.07) is 6.74. The van der Waals surface area contributed by atoms with Gasteiger partial charge in [0.15, 0.2) is 0 Å². The van der Waals surface area contributed by atoms with Crippen molar-refractivity contribution in [3.63, 3.8) is 0 Å². The number of hydrogen-bond acceptors (Lipinski definition) is 2. The summed E-state index contributed by atoms with van der Waals surface area (Å²) in [4.78, 5) is 11.0. The molecule has 0 spiro atoms. The molecule has 2 aliphatic carbocycles. The van der Waals surface area contributed by atoms with Crippen LogP contribution in [0.15, 0.2) is 23.4 Å². The zero-order valence-electron chi connectivity index (χ0n) is 10.9. The number of benzene rings is 1. The van der Waals surface area contributed by atoms with Crippen molar-refractivity contribution in [2.45, 2.75) is 63.3 Å². The van der Waals surface area contributed by atoms with Gasteiger partial charge in [-0.3, -0.25) is 0 Å². The van der Waals surface area contributed by atoms with Gasteiger partial charge in [-0.2, -0.15) is 4.91 Å². The Labute approximate surface area is 109 Å². The molecular formula is C16H21NO. The van der Waals surface area contributed by atoms with E-state index in [0.717, 1.165) is 25.2 Å². The molecule has 1 unspecified atom stereocenters. The van der Waals surface area contributed by atoms with Gasteiger partial charge in [0.1, 0.15) is 6.04 Å². The Bertz CT molecular complexity index is 435. The number of hydrogen-bond donors (Lipinski definition) is 0. The van der Waals surface area contributed by atoms with Crippen LogP contribution in [-0.4, -0.2) is 0 Å². The van der Waals surface area contributed by atoms with Gasteiger partial charge >= 0.3 is 0 Å². The van der Waals surface area contributed by atoms with Crippen LogP contribution in [0.25, 0.3) is 0 Å². The van der Waals surface area contributed by atoms with E-state index in [1.54, 1.807) is 0 Å². The number of nitroso groups, excluding NO2 is 1. The molecule has 1 saturated carbocycles. The third kappa shape index (κ3) is 2.21. The smallest absolute Gasteiger partial charge is 0.117 e. The Morgan fingerprint density at radius 2 is 1.83 bits per heavy atom. The van der Waals surface area contributed by atoms with Gasteiger partial charge in [0, 0.05) is 0 Å². The molecule has 0 amide bonds. The maximum Gasteiger partial charge on any atom is 0.117 e. The predicted molar refractivity (Wildman–Crippen MR) is 73.7 cm³/mol. The molecule has 0 saturated heterocycles. The van der Waals surface area contributed by atoms with E-state index in [4.69, 9.17) is 0 Å². The Hall–Kier alpha value is -1.18. The highest BCUT2D eigenvalue weighted by atomic mass is 16.3. The van der Waals surface area contributed by atoms with E-state index in [2.05, 4.69) is 23.4 Å². The molecule has 1 fully saturated rings. The second-order valence-electron chi connectivity index (χ2n) is 5.81. The van der Waals surface area contributed by atoms with E-state index in [-0.39, 0.29) is 6.04 Å². The number of nitrogens with zero attached hydrogens (tertiary/aromatic N) is 1.